The van der Waals surface area contributed by atoms with Gasteiger partial charge in [0.25, 0.3) is 0 Å². The van der Waals surface area contributed by atoms with E-state index in [0.717, 1.165) is 18.4 Å². The Kier molecular flexibility index (Phi) is 4.21. The van der Waals surface area contributed by atoms with Gasteiger partial charge < -0.3 is 4.74 Å². The fourth-order valence-electron chi connectivity index (χ4n) is 1.22. The summed E-state index contributed by atoms with van der Waals surface area (Å²) in [4.78, 5) is 4.15. The summed E-state index contributed by atoms with van der Waals surface area (Å²) in [5, 5.41) is 0.483. The number of pyridine rings is 1. The Bertz CT molecular complexity index is 297. The van der Waals surface area contributed by atoms with Crippen LogP contribution in [0.5, 0.6) is 5.88 Å². The van der Waals surface area contributed by atoms with Gasteiger partial charge in [0.2, 0.25) is 5.88 Å². The van der Waals surface area contributed by atoms with Crippen molar-refractivity contribution < 1.29 is 4.74 Å². The standard InChI is InChI=1S/C11H16ClNO/c1-4-9(5-2)14-11-8(3)6-7-10(12)13-11/h6-7,9H,4-5H2,1-3H3. The highest BCUT2D eigenvalue weighted by molar-refractivity contribution is 6.29. The lowest BCUT2D eigenvalue weighted by Gasteiger charge is -2.16. The molecule has 2 nitrogen and oxygen atoms in total. The molecule has 0 fully saturated rings. The lowest BCUT2D eigenvalue weighted by Crippen LogP contribution is -2.15. The van der Waals surface area contributed by atoms with Gasteiger partial charge in [-0.3, -0.25) is 0 Å². The Morgan fingerprint density at radius 3 is 2.57 bits per heavy atom. The van der Waals surface area contributed by atoms with Crippen LogP contribution in [0.2, 0.25) is 5.15 Å². The lowest BCUT2D eigenvalue weighted by atomic mass is 10.2. The third kappa shape index (κ3) is 2.88. The molecule has 0 aromatic carbocycles. The predicted molar refractivity (Wildman–Crippen MR) is 59.0 cm³/mol. The molecule has 0 saturated heterocycles. The van der Waals surface area contributed by atoms with Crippen molar-refractivity contribution in [2.45, 2.75) is 39.7 Å². The maximum atomic E-state index is 5.80. The molecule has 0 aliphatic heterocycles. The van der Waals surface area contributed by atoms with Crippen molar-refractivity contribution in [3.63, 3.8) is 0 Å². The Morgan fingerprint density at radius 2 is 2.00 bits per heavy atom. The summed E-state index contributed by atoms with van der Waals surface area (Å²) in [5.41, 5.74) is 1.03. The number of halogens is 1. The molecule has 0 radical (unpaired) electrons. The minimum Gasteiger partial charge on any atom is -0.474 e. The van der Waals surface area contributed by atoms with Crippen molar-refractivity contribution in [2.24, 2.45) is 0 Å². The molecular formula is C11H16ClNO. The second kappa shape index (κ2) is 5.20. The molecule has 3 heteroatoms. The normalized spacial score (nSPS) is 10.6. The topological polar surface area (TPSA) is 22.1 Å². The van der Waals surface area contributed by atoms with E-state index >= 15 is 0 Å². The number of aryl methyl sites for hydroxylation is 1. The lowest BCUT2D eigenvalue weighted by molar-refractivity contribution is 0.183. The van der Waals surface area contributed by atoms with E-state index in [0.29, 0.717) is 11.0 Å². The minimum absolute atomic E-state index is 0.236. The maximum absolute atomic E-state index is 5.80. The number of hydrogen-bond acceptors (Lipinski definition) is 2. The first-order chi connectivity index (χ1) is 6.67. The number of nitrogens with zero attached hydrogens (tertiary/aromatic N) is 1. The van der Waals surface area contributed by atoms with Crippen molar-refractivity contribution in [3.8, 4) is 5.88 Å². The van der Waals surface area contributed by atoms with Gasteiger partial charge in [-0.1, -0.05) is 31.5 Å². The second-order valence-electron chi connectivity index (χ2n) is 3.31. The Labute approximate surface area is 90.3 Å². The van der Waals surface area contributed by atoms with E-state index in [1.54, 1.807) is 6.07 Å². The van der Waals surface area contributed by atoms with Crippen LogP contribution in [-0.2, 0) is 0 Å². The molecular weight excluding hydrogens is 198 g/mol. The molecule has 0 N–H and O–H groups in total. The summed E-state index contributed by atoms with van der Waals surface area (Å²) in [6.07, 6.45) is 2.22. The van der Waals surface area contributed by atoms with Crippen LogP contribution in [0, 0.1) is 6.92 Å². The van der Waals surface area contributed by atoms with Crippen LogP contribution in [0.3, 0.4) is 0 Å². The molecule has 1 heterocycles. The highest BCUT2D eigenvalue weighted by atomic mass is 35.5. The van der Waals surface area contributed by atoms with E-state index in [-0.39, 0.29) is 6.10 Å². The van der Waals surface area contributed by atoms with E-state index in [9.17, 15) is 0 Å². The maximum Gasteiger partial charge on any atom is 0.217 e. The number of ether oxygens (including phenoxy) is 1. The van der Waals surface area contributed by atoms with Gasteiger partial charge in [0.15, 0.2) is 0 Å². The molecule has 1 aromatic rings. The zero-order valence-corrected chi connectivity index (χ0v) is 9.64. The SMILES string of the molecule is CCC(CC)Oc1nc(Cl)ccc1C. The minimum atomic E-state index is 0.236. The molecule has 0 aliphatic rings. The molecule has 0 atom stereocenters. The van der Waals surface area contributed by atoms with E-state index < -0.39 is 0 Å². The summed E-state index contributed by atoms with van der Waals surface area (Å²) in [7, 11) is 0. The first-order valence-corrected chi connectivity index (χ1v) is 5.35. The summed E-state index contributed by atoms with van der Waals surface area (Å²) in [5.74, 6) is 0.659. The zero-order valence-electron chi connectivity index (χ0n) is 8.88. The van der Waals surface area contributed by atoms with Gasteiger partial charge in [-0.2, -0.15) is 0 Å². The first kappa shape index (κ1) is 11.3. The predicted octanol–water partition coefficient (Wildman–Crippen LogP) is 3.61. The van der Waals surface area contributed by atoms with Crippen LogP contribution in [0.25, 0.3) is 0 Å². The van der Waals surface area contributed by atoms with E-state index in [4.69, 9.17) is 16.3 Å². The van der Waals surface area contributed by atoms with Gasteiger partial charge in [0.1, 0.15) is 5.15 Å². The Hall–Kier alpha value is -0.760. The molecule has 0 amide bonds. The fraction of sp³-hybridized carbons (Fsp3) is 0.545. The van der Waals surface area contributed by atoms with Crippen molar-refractivity contribution in [1.29, 1.82) is 0 Å². The summed E-state index contributed by atoms with van der Waals surface area (Å²) >= 11 is 5.80. The molecule has 0 bridgehead atoms. The average molecular weight is 214 g/mol. The molecule has 1 aromatic heterocycles. The Balaban J connectivity index is 2.79. The zero-order chi connectivity index (χ0) is 10.6. The fourth-order valence-corrected chi connectivity index (χ4v) is 1.36. The summed E-state index contributed by atoms with van der Waals surface area (Å²) in [6.45, 7) is 6.18. The van der Waals surface area contributed by atoms with E-state index in [1.807, 2.05) is 13.0 Å². The van der Waals surface area contributed by atoms with Crippen molar-refractivity contribution in [3.05, 3.63) is 22.8 Å². The average Bonchev–Trinajstić information content (AvgIpc) is 2.19. The molecule has 1 rings (SSSR count). The van der Waals surface area contributed by atoms with Crippen LogP contribution in [0.4, 0.5) is 0 Å². The third-order valence-corrected chi connectivity index (χ3v) is 2.42. The van der Waals surface area contributed by atoms with Gasteiger partial charge in [0.05, 0.1) is 6.10 Å². The molecule has 0 saturated carbocycles. The van der Waals surface area contributed by atoms with E-state index in [2.05, 4.69) is 18.8 Å². The first-order valence-electron chi connectivity index (χ1n) is 4.97. The number of hydrogen-bond donors (Lipinski definition) is 0. The van der Waals surface area contributed by atoms with Crippen LogP contribution >= 0.6 is 11.6 Å². The highest BCUT2D eigenvalue weighted by Gasteiger charge is 2.08. The van der Waals surface area contributed by atoms with Crippen LogP contribution in [0.1, 0.15) is 32.3 Å². The van der Waals surface area contributed by atoms with Crippen LogP contribution < -0.4 is 4.74 Å². The second-order valence-corrected chi connectivity index (χ2v) is 3.70. The van der Waals surface area contributed by atoms with Gasteiger partial charge in [0, 0.05) is 5.56 Å². The molecule has 0 aliphatic carbocycles. The van der Waals surface area contributed by atoms with Crippen molar-refractivity contribution in [2.75, 3.05) is 0 Å². The largest absolute Gasteiger partial charge is 0.474 e. The number of aromatic nitrogens is 1. The van der Waals surface area contributed by atoms with Crippen molar-refractivity contribution in [1.82, 2.24) is 4.98 Å². The van der Waals surface area contributed by atoms with Gasteiger partial charge in [-0.15, -0.1) is 0 Å². The highest BCUT2D eigenvalue weighted by Crippen LogP contribution is 2.20. The Morgan fingerprint density at radius 1 is 1.36 bits per heavy atom. The summed E-state index contributed by atoms with van der Waals surface area (Å²) in [6, 6.07) is 3.70. The molecule has 78 valence electrons. The molecule has 0 spiro atoms. The third-order valence-electron chi connectivity index (χ3n) is 2.21. The van der Waals surface area contributed by atoms with Gasteiger partial charge in [-0.05, 0) is 25.8 Å². The summed E-state index contributed by atoms with van der Waals surface area (Å²) < 4.78 is 5.73. The number of rotatable bonds is 4. The van der Waals surface area contributed by atoms with E-state index in [1.165, 1.54) is 0 Å². The smallest absolute Gasteiger partial charge is 0.217 e. The molecule has 0 unspecified atom stereocenters. The van der Waals surface area contributed by atoms with Crippen LogP contribution in [0.15, 0.2) is 12.1 Å². The van der Waals surface area contributed by atoms with Gasteiger partial charge in [-0.25, -0.2) is 4.98 Å². The molecule has 14 heavy (non-hydrogen) atoms. The van der Waals surface area contributed by atoms with Gasteiger partial charge >= 0.3 is 0 Å². The van der Waals surface area contributed by atoms with Crippen LogP contribution in [-0.4, -0.2) is 11.1 Å². The quantitative estimate of drug-likeness (QED) is 0.713. The monoisotopic (exact) mass is 213 g/mol. The van der Waals surface area contributed by atoms with Crippen molar-refractivity contribution >= 4 is 11.6 Å².